The lowest BCUT2D eigenvalue weighted by Crippen LogP contribution is -2.43. The predicted octanol–water partition coefficient (Wildman–Crippen LogP) is 5.45. The van der Waals surface area contributed by atoms with Gasteiger partial charge in [-0.05, 0) is 66.7 Å². The Bertz CT molecular complexity index is 613. The standard InChI is InChI=1S/C18H25NO2Si/c1-18(2,3)22(4,5)21-17-12-10-16(11-13-17)20-15-8-6-14(19)7-9-15/h6-13H,19H2,1-5H3. The summed E-state index contributed by atoms with van der Waals surface area (Å²) in [5.74, 6) is 2.45. The summed E-state index contributed by atoms with van der Waals surface area (Å²) >= 11 is 0. The van der Waals surface area contributed by atoms with Crippen LogP contribution >= 0.6 is 0 Å². The van der Waals surface area contributed by atoms with Crippen LogP contribution in [0.15, 0.2) is 48.5 Å². The van der Waals surface area contributed by atoms with Crippen LogP contribution in [0.4, 0.5) is 5.69 Å². The van der Waals surface area contributed by atoms with Gasteiger partial charge < -0.3 is 14.9 Å². The van der Waals surface area contributed by atoms with E-state index in [-0.39, 0.29) is 5.04 Å². The molecule has 0 saturated carbocycles. The second kappa shape index (κ2) is 6.05. The van der Waals surface area contributed by atoms with Crippen LogP contribution in [0.2, 0.25) is 18.1 Å². The highest BCUT2D eigenvalue weighted by Gasteiger charge is 2.38. The van der Waals surface area contributed by atoms with E-state index in [9.17, 15) is 0 Å². The molecule has 0 aliphatic heterocycles. The SMILES string of the molecule is CC(C)(C)[Si](C)(C)Oc1ccc(Oc2ccc(N)cc2)cc1. The number of anilines is 1. The van der Waals surface area contributed by atoms with Gasteiger partial charge in [-0.3, -0.25) is 0 Å². The molecule has 0 spiro atoms. The molecule has 0 heterocycles. The first kappa shape index (κ1) is 16.4. The zero-order chi connectivity index (χ0) is 16.4. The van der Waals surface area contributed by atoms with Crippen molar-refractivity contribution in [3.63, 3.8) is 0 Å². The van der Waals surface area contributed by atoms with Crippen LogP contribution in [0, 0.1) is 0 Å². The molecule has 0 bridgehead atoms. The van der Waals surface area contributed by atoms with Crippen molar-refractivity contribution in [2.24, 2.45) is 0 Å². The molecular weight excluding hydrogens is 290 g/mol. The van der Waals surface area contributed by atoms with E-state index in [1.807, 2.05) is 48.5 Å². The summed E-state index contributed by atoms with van der Waals surface area (Å²) in [6.07, 6.45) is 0. The van der Waals surface area contributed by atoms with E-state index in [2.05, 4.69) is 33.9 Å². The summed E-state index contributed by atoms with van der Waals surface area (Å²) in [5.41, 5.74) is 6.39. The molecule has 0 amide bonds. The molecule has 0 unspecified atom stereocenters. The minimum Gasteiger partial charge on any atom is -0.543 e. The molecule has 2 N–H and O–H groups in total. The van der Waals surface area contributed by atoms with Crippen molar-refractivity contribution in [1.29, 1.82) is 0 Å². The number of nitrogen functional groups attached to an aromatic ring is 1. The molecule has 22 heavy (non-hydrogen) atoms. The lowest BCUT2D eigenvalue weighted by atomic mass is 10.2. The fourth-order valence-corrected chi connectivity index (χ4v) is 2.73. The Hall–Kier alpha value is -1.94. The zero-order valence-corrected chi connectivity index (χ0v) is 15.0. The number of nitrogens with two attached hydrogens (primary N) is 1. The average Bonchev–Trinajstić information content (AvgIpc) is 2.42. The van der Waals surface area contributed by atoms with Crippen molar-refractivity contribution in [2.45, 2.75) is 38.9 Å². The summed E-state index contributed by atoms with van der Waals surface area (Å²) in [5, 5.41) is 0.187. The van der Waals surface area contributed by atoms with Gasteiger partial charge in [-0.2, -0.15) is 0 Å². The number of hydrogen-bond acceptors (Lipinski definition) is 3. The Morgan fingerprint density at radius 1 is 0.773 bits per heavy atom. The van der Waals surface area contributed by atoms with Gasteiger partial charge >= 0.3 is 0 Å². The Balaban J connectivity index is 2.06. The van der Waals surface area contributed by atoms with Gasteiger partial charge in [0.2, 0.25) is 8.32 Å². The first-order valence-corrected chi connectivity index (χ1v) is 10.4. The van der Waals surface area contributed by atoms with Gasteiger partial charge in [0, 0.05) is 5.69 Å². The van der Waals surface area contributed by atoms with E-state index in [0.717, 1.165) is 22.9 Å². The van der Waals surface area contributed by atoms with Gasteiger partial charge in [0.15, 0.2) is 0 Å². The van der Waals surface area contributed by atoms with E-state index in [0.29, 0.717) is 0 Å². The minimum absolute atomic E-state index is 0.187. The van der Waals surface area contributed by atoms with Crippen molar-refractivity contribution >= 4 is 14.0 Å². The number of ether oxygens (including phenoxy) is 1. The largest absolute Gasteiger partial charge is 0.543 e. The van der Waals surface area contributed by atoms with Crippen molar-refractivity contribution in [2.75, 3.05) is 5.73 Å². The van der Waals surface area contributed by atoms with E-state index in [4.69, 9.17) is 14.9 Å². The summed E-state index contributed by atoms with van der Waals surface area (Å²) in [4.78, 5) is 0. The molecule has 2 aromatic carbocycles. The second-order valence-corrected chi connectivity index (χ2v) is 11.7. The molecule has 0 saturated heterocycles. The highest BCUT2D eigenvalue weighted by molar-refractivity contribution is 6.74. The average molecular weight is 315 g/mol. The predicted molar refractivity (Wildman–Crippen MR) is 95.2 cm³/mol. The van der Waals surface area contributed by atoms with Crippen LogP contribution in [-0.2, 0) is 0 Å². The van der Waals surface area contributed by atoms with E-state index in [1.54, 1.807) is 0 Å². The first-order chi connectivity index (χ1) is 10.2. The quantitative estimate of drug-likeness (QED) is 0.603. The van der Waals surface area contributed by atoms with Gasteiger partial charge in [0.25, 0.3) is 0 Å². The molecule has 2 rings (SSSR count). The minimum atomic E-state index is -1.80. The summed E-state index contributed by atoms with van der Waals surface area (Å²) < 4.78 is 12.0. The summed E-state index contributed by atoms with van der Waals surface area (Å²) in [6.45, 7) is 11.2. The lowest BCUT2D eigenvalue weighted by Gasteiger charge is -2.36. The second-order valence-electron chi connectivity index (χ2n) is 7.00. The molecule has 0 atom stereocenters. The Morgan fingerprint density at radius 3 is 1.64 bits per heavy atom. The Labute approximate surface area is 134 Å². The summed E-state index contributed by atoms with van der Waals surface area (Å²) in [6, 6.07) is 15.1. The highest BCUT2D eigenvalue weighted by atomic mass is 28.4. The molecule has 118 valence electrons. The smallest absolute Gasteiger partial charge is 0.250 e. The zero-order valence-electron chi connectivity index (χ0n) is 14.0. The third kappa shape index (κ3) is 4.04. The monoisotopic (exact) mass is 315 g/mol. The van der Waals surface area contributed by atoms with Crippen LogP contribution in [0.3, 0.4) is 0 Å². The highest BCUT2D eigenvalue weighted by Crippen LogP contribution is 2.37. The molecule has 4 heteroatoms. The Kier molecular flexibility index (Phi) is 4.51. The number of hydrogen-bond donors (Lipinski definition) is 1. The van der Waals surface area contributed by atoms with Gasteiger partial charge in [-0.1, -0.05) is 20.8 Å². The molecule has 0 aliphatic carbocycles. The van der Waals surface area contributed by atoms with Crippen LogP contribution in [0.1, 0.15) is 20.8 Å². The van der Waals surface area contributed by atoms with Gasteiger partial charge in [-0.25, -0.2) is 0 Å². The molecular formula is C18H25NO2Si. The molecule has 3 nitrogen and oxygen atoms in total. The topological polar surface area (TPSA) is 44.5 Å². The molecule has 0 aliphatic rings. The summed E-state index contributed by atoms with van der Waals surface area (Å²) in [7, 11) is -1.80. The van der Waals surface area contributed by atoms with Crippen molar-refractivity contribution in [3.05, 3.63) is 48.5 Å². The van der Waals surface area contributed by atoms with E-state index in [1.165, 1.54) is 0 Å². The van der Waals surface area contributed by atoms with Crippen LogP contribution in [0.25, 0.3) is 0 Å². The maximum atomic E-state index is 6.25. The fraction of sp³-hybridized carbons (Fsp3) is 0.333. The number of rotatable bonds is 4. The molecule has 0 fully saturated rings. The lowest BCUT2D eigenvalue weighted by molar-refractivity contribution is 0.475. The van der Waals surface area contributed by atoms with Gasteiger partial charge in [0.05, 0.1) is 0 Å². The van der Waals surface area contributed by atoms with Crippen molar-refractivity contribution in [3.8, 4) is 17.2 Å². The van der Waals surface area contributed by atoms with E-state index >= 15 is 0 Å². The fourth-order valence-electron chi connectivity index (χ4n) is 1.70. The molecule has 0 aromatic heterocycles. The molecule has 2 aromatic rings. The van der Waals surface area contributed by atoms with E-state index < -0.39 is 8.32 Å². The van der Waals surface area contributed by atoms with Crippen LogP contribution in [-0.4, -0.2) is 8.32 Å². The van der Waals surface area contributed by atoms with Crippen LogP contribution < -0.4 is 14.9 Å². The van der Waals surface area contributed by atoms with Crippen molar-refractivity contribution in [1.82, 2.24) is 0 Å². The van der Waals surface area contributed by atoms with Crippen LogP contribution in [0.5, 0.6) is 17.2 Å². The molecule has 0 radical (unpaired) electrons. The van der Waals surface area contributed by atoms with Crippen molar-refractivity contribution < 1.29 is 9.16 Å². The Morgan fingerprint density at radius 2 is 1.18 bits per heavy atom. The maximum Gasteiger partial charge on any atom is 0.250 e. The van der Waals surface area contributed by atoms with Gasteiger partial charge in [-0.15, -0.1) is 0 Å². The first-order valence-electron chi connectivity index (χ1n) is 7.50. The number of benzene rings is 2. The van der Waals surface area contributed by atoms with Gasteiger partial charge in [0.1, 0.15) is 17.2 Å². The normalized spacial score (nSPS) is 12.0. The third-order valence-corrected chi connectivity index (χ3v) is 8.48. The third-order valence-electron chi connectivity index (χ3n) is 4.12. The maximum absolute atomic E-state index is 6.25.